The molecule has 0 fully saturated rings. The molecule has 1 amide bonds. The Labute approximate surface area is 204 Å². The topological polar surface area (TPSA) is 70.1 Å². The molecule has 0 N–H and O–H groups in total. The molecular formula is C26H30N2O5S. The van der Waals surface area contributed by atoms with E-state index in [0.29, 0.717) is 49.3 Å². The van der Waals surface area contributed by atoms with Gasteiger partial charge in [0.05, 0.1) is 12.2 Å². The van der Waals surface area contributed by atoms with Crippen LogP contribution in [0, 0.1) is 0 Å². The Morgan fingerprint density at radius 3 is 2.82 bits per heavy atom. The zero-order valence-corrected chi connectivity index (χ0v) is 20.6. The molecule has 0 unspecified atom stereocenters. The first-order valence-electron chi connectivity index (χ1n) is 11.4. The predicted molar refractivity (Wildman–Crippen MR) is 131 cm³/mol. The van der Waals surface area contributed by atoms with Gasteiger partial charge in [-0.15, -0.1) is 11.3 Å². The molecule has 0 aliphatic carbocycles. The van der Waals surface area contributed by atoms with Crippen molar-refractivity contribution in [3.63, 3.8) is 0 Å². The van der Waals surface area contributed by atoms with Gasteiger partial charge in [-0.2, -0.15) is 0 Å². The number of methoxy groups -OCH3 is 1. The largest absolute Gasteiger partial charge is 0.486 e. The monoisotopic (exact) mass is 482 g/mol. The van der Waals surface area contributed by atoms with Gasteiger partial charge in [-0.25, -0.2) is 4.98 Å². The quantitative estimate of drug-likeness (QED) is 0.348. The molecule has 7 nitrogen and oxygen atoms in total. The Kier molecular flexibility index (Phi) is 8.03. The van der Waals surface area contributed by atoms with Gasteiger partial charge in [-0.3, -0.25) is 4.79 Å². The fourth-order valence-corrected chi connectivity index (χ4v) is 4.47. The summed E-state index contributed by atoms with van der Waals surface area (Å²) in [6.07, 6.45) is 0.735. The van der Waals surface area contributed by atoms with Crippen molar-refractivity contribution in [1.29, 1.82) is 0 Å². The van der Waals surface area contributed by atoms with Gasteiger partial charge in [0.15, 0.2) is 11.5 Å². The molecule has 0 saturated heterocycles. The number of ether oxygens (including phenoxy) is 4. The Balaban J connectivity index is 1.43. The minimum Gasteiger partial charge on any atom is -0.486 e. The van der Waals surface area contributed by atoms with Crippen molar-refractivity contribution in [2.24, 2.45) is 0 Å². The van der Waals surface area contributed by atoms with E-state index in [4.69, 9.17) is 23.9 Å². The van der Waals surface area contributed by atoms with E-state index in [1.807, 2.05) is 23.6 Å². The standard InChI is InChI=1S/C26H30N2O5S/c1-18(2)21-7-4-5-8-22(21)31-15-25-27-20(16-34-25)14-28(11-6-12-30-3)26(29)19-9-10-23-24(13-19)33-17-32-23/h4-5,7-10,13,16,18H,6,11-12,14-15,17H2,1-3H3. The van der Waals surface area contributed by atoms with E-state index < -0.39 is 0 Å². The Morgan fingerprint density at radius 2 is 2.00 bits per heavy atom. The average molecular weight is 483 g/mol. The molecule has 0 saturated carbocycles. The van der Waals surface area contributed by atoms with Crippen molar-refractivity contribution < 1.29 is 23.7 Å². The van der Waals surface area contributed by atoms with Gasteiger partial charge < -0.3 is 23.8 Å². The third-order valence-electron chi connectivity index (χ3n) is 5.53. The van der Waals surface area contributed by atoms with Crippen LogP contribution in [0.3, 0.4) is 0 Å². The molecule has 0 atom stereocenters. The van der Waals surface area contributed by atoms with E-state index in [0.717, 1.165) is 22.9 Å². The van der Waals surface area contributed by atoms with Crippen LogP contribution in [-0.4, -0.2) is 42.8 Å². The fraction of sp³-hybridized carbons (Fsp3) is 0.385. The van der Waals surface area contributed by atoms with Crippen molar-refractivity contribution in [2.75, 3.05) is 27.1 Å². The third kappa shape index (κ3) is 5.87. The highest BCUT2D eigenvalue weighted by atomic mass is 32.1. The zero-order valence-electron chi connectivity index (χ0n) is 19.8. The lowest BCUT2D eigenvalue weighted by Crippen LogP contribution is -2.32. The molecular weight excluding hydrogens is 452 g/mol. The first-order valence-corrected chi connectivity index (χ1v) is 12.3. The molecule has 1 aromatic heterocycles. The van der Waals surface area contributed by atoms with Gasteiger partial charge >= 0.3 is 0 Å². The SMILES string of the molecule is COCCCN(Cc1csc(COc2ccccc2C(C)C)n1)C(=O)c1ccc2c(c1)OCO2. The second kappa shape index (κ2) is 11.4. The predicted octanol–water partition coefficient (Wildman–Crippen LogP) is 5.25. The van der Waals surface area contributed by atoms with E-state index in [-0.39, 0.29) is 12.7 Å². The fourth-order valence-electron chi connectivity index (χ4n) is 3.78. The number of hydrogen-bond donors (Lipinski definition) is 0. The number of carbonyl (C=O) groups excluding carboxylic acids is 1. The van der Waals surface area contributed by atoms with Crippen molar-refractivity contribution in [3.8, 4) is 17.2 Å². The number of para-hydroxylation sites is 1. The first-order chi connectivity index (χ1) is 16.5. The minimum absolute atomic E-state index is 0.0777. The van der Waals surface area contributed by atoms with E-state index in [1.54, 1.807) is 41.5 Å². The maximum atomic E-state index is 13.3. The van der Waals surface area contributed by atoms with Gasteiger partial charge in [0, 0.05) is 31.2 Å². The van der Waals surface area contributed by atoms with E-state index in [1.165, 1.54) is 5.56 Å². The third-order valence-corrected chi connectivity index (χ3v) is 6.40. The van der Waals surface area contributed by atoms with E-state index >= 15 is 0 Å². The van der Waals surface area contributed by atoms with Crippen LogP contribution in [0.2, 0.25) is 0 Å². The summed E-state index contributed by atoms with van der Waals surface area (Å²) in [6.45, 7) is 6.43. The van der Waals surface area contributed by atoms with Crippen molar-refractivity contribution in [1.82, 2.24) is 9.88 Å². The average Bonchev–Trinajstić information content (AvgIpc) is 3.50. The smallest absolute Gasteiger partial charge is 0.254 e. The van der Waals surface area contributed by atoms with Gasteiger partial charge in [0.25, 0.3) is 5.91 Å². The number of benzene rings is 2. The van der Waals surface area contributed by atoms with E-state index in [9.17, 15) is 4.79 Å². The van der Waals surface area contributed by atoms with Crippen molar-refractivity contribution in [2.45, 2.75) is 39.3 Å². The van der Waals surface area contributed by atoms with Gasteiger partial charge in [0.1, 0.15) is 17.4 Å². The highest BCUT2D eigenvalue weighted by Crippen LogP contribution is 2.33. The molecule has 0 radical (unpaired) electrons. The molecule has 8 heteroatoms. The van der Waals surface area contributed by atoms with Crippen LogP contribution >= 0.6 is 11.3 Å². The Bertz CT molecular complexity index is 1110. The van der Waals surface area contributed by atoms with Crippen LogP contribution in [0.4, 0.5) is 0 Å². The summed E-state index contributed by atoms with van der Waals surface area (Å²) in [5.74, 6) is 2.44. The lowest BCUT2D eigenvalue weighted by molar-refractivity contribution is 0.0721. The first kappa shape index (κ1) is 24.0. The van der Waals surface area contributed by atoms with Crippen molar-refractivity contribution in [3.05, 3.63) is 69.7 Å². The van der Waals surface area contributed by atoms with Crippen molar-refractivity contribution >= 4 is 17.2 Å². The summed E-state index contributed by atoms with van der Waals surface area (Å²) in [7, 11) is 1.66. The number of nitrogens with zero attached hydrogens (tertiary/aromatic N) is 2. The molecule has 3 aromatic rings. The summed E-state index contributed by atoms with van der Waals surface area (Å²) in [5, 5.41) is 2.87. The lowest BCUT2D eigenvalue weighted by Gasteiger charge is -2.22. The number of amides is 1. The summed E-state index contributed by atoms with van der Waals surface area (Å²) in [5.41, 5.74) is 2.58. The summed E-state index contributed by atoms with van der Waals surface area (Å²) in [6, 6.07) is 13.4. The van der Waals surface area contributed by atoms with Gasteiger partial charge in [-0.05, 0) is 42.2 Å². The number of thiazole rings is 1. The maximum Gasteiger partial charge on any atom is 0.254 e. The van der Waals surface area contributed by atoms with Crippen LogP contribution in [0.25, 0.3) is 0 Å². The molecule has 34 heavy (non-hydrogen) atoms. The summed E-state index contributed by atoms with van der Waals surface area (Å²) in [4.78, 5) is 19.8. The number of hydrogen-bond acceptors (Lipinski definition) is 7. The molecule has 2 aromatic carbocycles. The molecule has 0 bridgehead atoms. The highest BCUT2D eigenvalue weighted by Gasteiger charge is 2.21. The number of aromatic nitrogens is 1. The number of rotatable bonds is 11. The molecule has 4 rings (SSSR count). The maximum absolute atomic E-state index is 13.3. The molecule has 1 aliphatic rings. The second-order valence-corrected chi connectivity index (χ2v) is 9.30. The Morgan fingerprint density at radius 1 is 1.18 bits per heavy atom. The number of carbonyl (C=O) groups is 1. The zero-order chi connectivity index (χ0) is 23.9. The van der Waals surface area contributed by atoms with E-state index in [2.05, 4.69) is 19.9 Å². The molecule has 180 valence electrons. The lowest BCUT2D eigenvalue weighted by atomic mass is 10.0. The highest BCUT2D eigenvalue weighted by molar-refractivity contribution is 7.09. The molecule has 2 heterocycles. The van der Waals surface area contributed by atoms with Crippen LogP contribution in [0.15, 0.2) is 47.8 Å². The summed E-state index contributed by atoms with van der Waals surface area (Å²) >= 11 is 1.54. The van der Waals surface area contributed by atoms with Crippen LogP contribution < -0.4 is 14.2 Å². The van der Waals surface area contributed by atoms with Crippen LogP contribution in [0.5, 0.6) is 17.2 Å². The van der Waals surface area contributed by atoms with Crippen LogP contribution in [0.1, 0.15) is 52.8 Å². The molecule has 0 spiro atoms. The second-order valence-electron chi connectivity index (χ2n) is 8.35. The Hall–Kier alpha value is -3.10. The normalized spacial score (nSPS) is 12.2. The molecule has 1 aliphatic heterocycles. The minimum atomic E-state index is -0.0777. The van der Waals surface area contributed by atoms with Gasteiger partial charge in [0.2, 0.25) is 6.79 Å². The number of fused-ring (bicyclic) bond motifs is 1. The van der Waals surface area contributed by atoms with Gasteiger partial charge in [-0.1, -0.05) is 32.0 Å². The van der Waals surface area contributed by atoms with Crippen LogP contribution in [-0.2, 0) is 17.9 Å². The summed E-state index contributed by atoms with van der Waals surface area (Å²) < 4.78 is 22.1.